The second-order valence-electron chi connectivity index (χ2n) is 7.11. The minimum Gasteiger partial charge on any atom is -0.0853 e. The molecule has 1 aromatic rings. The SMILES string of the molecule is CC1=CCC(C2CCC(c3cccc(C)c3)CC2)CC1. The van der Waals surface area contributed by atoms with Crippen LogP contribution in [0.15, 0.2) is 35.9 Å². The molecule has 2 aliphatic rings. The van der Waals surface area contributed by atoms with Crippen LogP contribution in [0.1, 0.15) is 68.9 Å². The van der Waals surface area contributed by atoms with Crippen LogP contribution in [0.3, 0.4) is 0 Å². The first-order valence-electron chi connectivity index (χ1n) is 8.44. The lowest BCUT2D eigenvalue weighted by Gasteiger charge is -2.35. The molecule has 0 aromatic heterocycles. The molecule has 1 fully saturated rings. The van der Waals surface area contributed by atoms with Crippen molar-refractivity contribution < 1.29 is 0 Å². The van der Waals surface area contributed by atoms with Crippen LogP contribution in [0.5, 0.6) is 0 Å². The van der Waals surface area contributed by atoms with Crippen molar-refractivity contribution in [1.82, 2.24) is 0 Å². The van der Waals surface area contributed by atoms with Gasteiger partial charge in [-0.25, -0.2) is 0 Å². The normalized spacial score (nSPS) is 30.9. The first-order chi connectivity index (χ1) is 9.72. The van der Waals surface area contributed by atoms with Gasteiger partial charge in [0.05, 0.1) is 0 Å². The van der Waals surface area contributed by atoms with Gasteiger partial charge < -0.3 is 0 Å². The predicted octanol–water partition coefficient (Wildman–Crippen LogP) is 6.02. The fourth-order valence-corrected chi connectivity index (χ4v) is 4.26. The lowest BCUT2D eigenvalue weighted by atomic mass is 9.70. The highest BCUT2D eigenvalue weighted by atomic mass is 14.3. The molecule has 0 N–H and O–H groups in total. The average Bonchev–Trinajstić information content (AvgIpc) is 2.48. The van der Waals surface area contributed by atoms with Crippen LogP contribution in [-0.4, -0.2) is 0 Å². The molecule has 1 unspecified atom stereocenters. The van der Waals surface area contributed by atoms with Gasteiger partial charge in [-0.05, 0) is 82.1 Å². The summed E-state index contributed by atoms with van der Waals surface area (Å²) in [5.74, 6) is 2.81. The Morgan fingerprint density at radius 3 is 2.35 bits per heavy atom. The number of aryl methyl sites for hydroxylation is 1. The Morgan fingerprint density at radius 1 is 0.900 bits per heavy atom. The highest BCUT2D eigenvalue weighted by Gasteiger charge is 2.28. The second kappa shape index (κ2) is 6.16. The maximum atomic E-state index is 2.50. The van der Waals surface area contributed by atoms with Gasteiger partial charge in [0, 0.05) is 0 Å². The summed E-state index contributed by atoms with van der Waals surface area (Å²) in [4.78, 5) is 0. The Bertz CT molecular complexity index is 475. The van der Waals surface area contributed by atoms with E-state index in [1.54, 1.807) is 11.1 Å². The van der Waals surface area contributed by atoms with Crippen molar-refractivity contribution in [3.05, 3.63) is 47.0 Å². The average molecular weight is 268 g/mol. The molecule has 0 bridgehead atoms. The van der Waals surface area contributed by atoms with E-state index in [-0.39, 0.29) is 0 Å². The third-order valence-electron chi connectivity index (χ3n) is 5.63. The summed E-state index contributed by atoms with van der Waals surface area (Å²) in [6.07, 6.45) is 12.4. The van der Waals surface area contributed by atoms with E-state index in [0.29, 0.717) is 0 Å². The quantitative estimate of drug-likeness (QED) is 0.576. The molecule has 1 aromatic carbocycles. The molecule has 0 aliphatic heterocycles. The number of hydrogen-bond donors (Lipinski definition) is 0. The number of benzene rings is 1. The molecule has 0 radical (unpaired) electrons. The third kappa shape index (κ3) is 3.16. The Morgan fingerprint density at radius 2 is 1.70 bits per heavy atom. The Hall–Kier alpha value is -1.04. The first kappa shape index (κ1) is 13.9. The summed E-state index contributed by atoms with van der Waals surface area (Å²) in [7, 11) is 0. The van der Waals surface area contributed by atoms with Gasteiger partial charge >= 0.3 is 0 Å². The fourth-order valence-electron chi connectivity index (χ4n) is 4.26. The standard InChI is InChI=1S/C20H28/c1-15-6-8-17(9-7-15)18-10-12-19(13-11-18)20-5-3-4-16(2)14-20/h3-6,14,17-19H,7-13H2,1-2H3. The monoisotopic (exact) mass is 268 g/mol. The van der Waals surface area contributed by atoms with E-state index in [2.05, 4.69) is 44.2 Å². The Balaban J connectivity index is 1.57. The van der Waals surface area contributed by atoms with Gasteiger partial charge in [-0.1, -0.05) is 41.5 Å². The zero-order valence-corrected chi connectivity index (χ0v) is 13.1. The number of hydrogen-bond acceptors (Lipinski definition) is 0. The number of allylic oxidation sites excluding steroid dienone is 2. The largest absolute Gasteiger partial charge is 0.0853 e. The van der Waals surface area contributed by atoms with Crippen LogP contribution in [0, 0.1) is 18.8 Å². The van der Waals surface area contributed by atoms with E-state index in [1.165, 1.54) is 50.5 Å². The summed E-state index contributed by atoms with van der Waals surface area (Å²) >= 11 is 0. The summed E-state index contributed by atoms with van der Waals surface area (Å²) < 4.78 is 0. The Kier molecular flexibility index (Phi) is 4.29. The molecule has 1 atom stereocenters. The van der Waals surface area contributed by atoms with Gasteiger partial charge in [-0.15, -0.1) is 0 Å². The van der Waals surface area contributed by atoms with Gasteiger partial charge in [0.1, 0.15) is 0 Å². The smallest absolute Gasteiger partial charge is 0.0162 e. The Labute approximate surface area is 124 Å². The van der Waals surface area contributed by atoms with Crippen LogP contribution in [0.25, 0.3) is 0 Å². The van der Waals surface area contributed by atoms with Crippen molar-refractivity contribution in [2.24, 2.45) is 11.8 Å². The van der Waals surface area contributed by atoms with E-state index in [0.717, 1.165) is 17.8 Å². The van der Waals surface area contributed by atoms with Crippen molar-refractivity contribution in [3.63, 3.8) is 0 Å². The first-order valence-corrected chi connectivity index (χ1v) is 8.44. The molecular formula is C20H28. The lowest BCUT2D eigenvalue weighted by molar-refractivity contribution is 0.217. The summed E-state index contributed by atoms with van der Waals surface area (Å²) in [5.41, 5.74) is 4.62. The van der Waals surface area contributed by atoms with Crippen LogP contribution in [0.4, 0.5) is 0 Å². The van der Waals surface area contributed by atoms with Crippen molar-refractivity contribution >= 4 is 0 Å². The molecule has 0 heteroatoms. The van der Waals surface area contributed by atoms with Crippen LogP contribution in [-0.2, 0) is 0 Å². The highest BCUT2D eigenvalue weighted by molar-refractivity contribution is 5.25. The molecule has 2 aliphatic carbocycles. The molecular weight excluding hydrogens is 240 g/mol. The zero-order valence-electron chi connectivity index (χ0n) is 13.1. The minimum atomic E-state index is 0.826. The summed E-state index contributed by atoms with van der Waals surface area (Å²) in [6.45, 7) is 4.51. The van der Waals surface area contributed by atoms with E-state index in [9.17, 15) is 0 Å². The maximum Gasteiger partial charge on any atom is -0.0162 e. The fraction of sp³-hybridized carbons (Fsp3) is 0.600. The van der Waals surface area contributed by atoms with Crippen LogP contribution >= 0.6 is 0 Å². The predicted molar refractivity (Wildman–Crippen MR) is 87.0 cm³/mol. The van der Waals surface area contributed by atoms with Crippen molar-refractivity contribution in [2.45, 2.75) is 64.7 Å². The van der Waals surface area contributed by atoms with Gasteiger partial charge in [-0.3, -0.25) is 0 Å². The molecule has 0 heterocycles. The number of rotatable bonds is 2. The van der Waals surface area contributed by atoms with Gasteiger partial charge in [0.15, 0.2) is 0 Å². The van der Waals surface area contributed by atoms with E-state index < -0.39 is 0 Å². The maximum absolute atomic E-state index is 2.50. The zero-order chi connectivity index (χ0) is 13.9. The van der Waals surface area contributed by atoms with Crippen molar-refractivity contribution in [2.75, 3.05) is 0 Å². The third-order valence-corrected chi connectivity index (χ3v) is 5.63. The lowest BCUT2D eigenvalue weighted by Crippen LogP contribution is -2.22. The summed E-state index contributed by atoms with van der Waals surface area (Å²) in [5, 5.41) is 0. The molecule has 20 heavy (non-hydrogen) atoms. The van der Waals surface area contributed by atoms with Gasteiger partial charge in [0.2, 0.25) is 0 Å². The van der Waals surface area contributed by atoms with Crippen LogP contribution in [0.2, 0.25) is 0 Å². The van der Waals surface area contributed by atoms with Crippen molar-refractivity contribution in [3.8, 4) is 0 Å². The minimum absolute atomic E-state index is 0.826. The molecule has 0 amide bonds. The van der Waals surface area contributed by atoms with E-state index >= 15 is 0 Å². The topological polar surface area (TPSA) is 0 Å². The molecule has 3 rings (SSSR count). The second-order valence-corrected chi connectivity index (χ2v) is 7.11. The van der Waals surface area contributed by atoms with E-state index in [4.69, 9.17) is 0 Å². The molecule has 1 saturated carbocycles. The van der Waals surface area contributed by atoms with Gasteiger partial charge in [-0.2, -0.15) is 0 Å². The van der Waals surface area contributed by atoms with Crippen molar-refractivity contribution in [1.29, 1.82) is 0 Å². The molecule has 0 nitrogen and oxygen atoms in total. The van der Waals surface area contributed by atoms with Gasteiger partial charge in [0.25, 0.3) is 0 Å². The highest BCUT2D eigenvalue weighted by Crippen LogP contribution is 2.42. The van der Waals surface area contributed by atoms with Crippen LogP contribution < -0.4 is 0 Å². The van der Waals surface area contributed by atoms with E-state index in [1.807, 2.05) is 0 Å². The molecule has 0 saturated heterocycles. The molecule has 108 valence electrons. The molecule has 0 spiro atoms. The summed E-state index contributed by atoms with van der Waals surface area (Å²) in [6, 6.07) is 9.18.